The molecule has 0 spiro atoms. The molecule has 1 saturated heterocycles. The number of nitrogens with one attached hydrogen (secondary N) is 1. The normalized spacial score (nSPS) is 15.8. The summed E-state index contributed by atoms with van der Waals surface area (Å²) in [4.78, 5) is 6.46. The molecule has 158 valence electrons. The number of hydrogen-bond acceptors (Lipinski definition) is 6. The zero-order chi connectivity index (χ0) is 20.3. The van der Waals surface area contributed by atoms with Crippen LogP contribution in [0.15, 0.2) is 42.7 Å². The van der Waals surface area contributed by atoms with Gasteiger partial charge in [0.05, 0.1) is 7.11 Å². The molecule has 2 N–H and O–H groups in total. The van der Waals surface area contributed by atoms with E-state index in [1.165, 1.54) is 24.8 Å². The number of methoxy groups -OCH3 is 1. The Morgan fingerprint density at radius 1 is 1.14 bits per heavy atom. The van der Waals surface area contributed by atoms with Crippen molar-refractivity contribution in [1.82, 2.24) is 15.2 Å². The van der Waals surface area contributed by atoms with Gasteiger partial charge < -0.3 is 24.8 Å². The van der Waals surface area contributed by atoms with Gasteiger partial charge in [-0.25, -0.2) is 0 Å². The van der Waals surface area contributed by atoms with Crippen molar-refractivity contribution in [3.8, 4) is 11.5 Å². The number of nitrogens with zero attached hydrogens (tertiary/aromatic N) is 2. The average Bonchev–Trinajstić information content (AvgIpc) is 2.77. The summed E-state index contributed by atoms with van der Waals surface area (Å²) in [6.07, 6.45) is 7.86. The van der Waals surface area contributed by atoms with Crippen molar-refractivity contribution in [2.24, 2.45) is 0 Å². The van der Waals surface area contributed by atoms with Crippen LogP contribution in [0.3, 0.4) is 0 Å². The van der Waals surface area contributed by atoms with E-state index in [0.29, 0.717) is 18.0 Å². The third-order valence-corrected chi connectivity index (χ3v) is 5.22. The number of aliphatic hydroxyl groups is 1. The number of rotatable bonds is 11. The molecule has 1 aliphatic rings. The van der Waals surface area contributed by atoms with Gasteiger partial charge in [-0.05, 0) is 68.2 Å². The van der Waals surface area contributed by atoms with Crippen LogP contribution in [0.4, 0.5) is 0 Å². The molecule has 6 heteroatoms. The zero-order valence-corrected chi connectivity index (χ0v) is 17.3. The number of piperidine rings is 1. The second kappa shape index (κ2) is 11.8. The minimum atomic E-state index is -0.501. The second-order valence-corrected chi connectivity index (χ2v) is 7.60. The zero-order valence-electron chi connectivity index (χ0n) is 17.3. The first-order chi connectivity index (χ1) is 14.2. The molecule has 1 aliphatic heterocycles. The smallest absolute Gasteiger partial charge is 0.161 e. The summed E-state index contributed by atoms with van der Waals surface area (Å²) >= 11 is 0. The van der Waals surface area contributed by atoms with Gasteiger partial charge >= 0.3 is 0 Å². The lowest BCUT2D eigenvalue weighted by Gasteiger charge is -2.28. The van der Waals surface area contributed by atoms with Gasteiger partial charge in [0.25, 0.3) is 0 Å². The van der Waals surface area contributed by atoms with Crippen molar-refractivity contribution in [1.29, 1.82) is 0 Å². The quantitative estimate of drug-likeness (QED) is 0.567. The predicted molar refractivity (Wildman–Crippen MR) is 114 cm³/mol. The van der Waals surface area contributed by atoms with Crippen molar-refractivity contribution in [2.75, 3.05) is 39.9 Å². The topological polar surface area (TPSA) is 66.8 Å². The van der Waals surface area contributed by atoms with E-state index in [0.717, 1.165) is 38.2 Å². The molecule has 1 fully saturated rings. The standard InChI is InChI=1S/C23H33N3O3/c1-28-22-8-7-20(16-25-11-9-19-6-5-10-24-15-19)14-23(22)29-18-21(27)17-26-12-3-2-4-13-26/h5-8,10,14-15,21,25,27H,2-4,9,11-13,16-18H2,1H3/t21-/m0/s1. The third kappa shape index (κ3) is 7.31. The molecule has 2 aromatic rings. The summed E-state index contributed by atoms with van der Waals surface area (Å²) < 4.78 is 11.3. The Labute approximate surface area is 173 Å². The van der Waals surface area contributed by atoms with Gasteiger partial charge in [-0.2, -0.15) is 0 Å². The van der Waals surface area contributed by atoms with Crippen molar-refractivity contribution < 1.29 is 14.6 Å². The van der Waals surface area contributed by atoms with Crippen LogP contribution in [0.5, 0.6) is 11.5 Å². The highest BCUT2D eigenvalue weighted by atomic mass is 16.5. The SMILES string of the molecule is COc1ccc(CNCCc2cccnc2)cc1OC[C@@H](O)CN1CCCCC1. The monoisotopic (exact) mass is 399 g/mol. The van der Waals surface area contributed by atoms with Crippen LogP contribution in [-0.4, -0.2) is 61.0 Å². The van der Waals surface area contributed by atoms with E-state index in [1.807, 2.05) is 30.5 Å². The molecular weight excluding hydrogens is 366 g/mol. The van der Waals surface area contributed by atoms with Crippen LogP contribution >= 0.6 is 0 Å². The van der Waals surface area contributed by atoms with Crippen LogP contribution in [-0.2, 0) is 13.0 Å². The molecular formula is C23H33N3O3. The van der Waals surface area contributed by atoms with Gasteiger partial charge in [-0.1, -0.05) is 18.6 Å². The fourth-order valence-electron chi connectivity index (χ4n) is 3.63. The lowest BCUT2D eigenvalue weighted by Crippen LogP contribution is -2.38. The minimum absolute atomic E-state index is 0.269. The van der Waals surface area contributed by atoms with Crippen LogP contribution < -0.4 is 14.8 Å². The fraction of sp³-hybridized carbons (Fsp3) is 0.522. The molecule has 0 unspecified atom stereocenters. The van der Waals surface area contributed by atoms with Crippen molar-refractivity contribution in [3.63, 3.8) is 0 Å². The van der Waals surface area contributed by atoms with Gasteiger partial charge in [0.1, 0.15) is 12.7 Å². The number of aromatic nitrogens is 1. The van der Waals surface area contributed by atoms with Crippen LogP contribution in [0, 0.1) is 0 Å². The highest BCUT2D eigenvalue weighted by Gasteiger charge is 2.16. The van der Waals surface area contributed by atoms with Gasteiger partial charge in [-0.15, -0.1) is 0 Å². The van der Waals surface area contributed by atoms with Gasteiger partial charge in [-0.3, -0.25) is 4.98 Å². The number of benzene rings is 1. The van der Waals surface area contributed by atoms with E-state index in [2.05, 4.69) is 21.3 Å². The number of hydrogen-bond donors (Lipinski definition) is 2. The molecule has 1 atom stereocenters. The molecule has 1 aromatic carbocycles. The Bertz CT molecular complexity index is 721. The van der Waals surface area contributed by atoms with E-state index >= 15 is 0 Å². The fourth-order valence-corrected chi connectivity index (χ4v) is 3.63. The van der Waals surface area contributed by atoms with Gasteiger partial charge in [0, 0.05) is 25.5 Å². The molecule has 0 amide bonds. The van der Waals surface area contributed by atoms with E-state index in [4.69, 9.17) is 9.47 Å². The number of likely N-dealkylation sites (tertiary alicyclic amines) is 1. The van der Waals surface area contributed by atoms with Gasteiger partial charge in [0.2, 0.25) is 0 Å². The highest BCUT2D eigenvalue weighted by Crippen LogP contribution is 2.28. The molecule has 2 heterocycles. The Morgan fingerprint density at radius 3 is 2.76 bits per heavy atom. The van der Waals surface area contributed by atoms with Crippen molar-refractivity contribution >= 4 is 0 Å². The predicted octanol–water partition coefficient (Wildman–Crippen LogP) is 2.65. The van der Waals surface area contributed by atoms with Crippen LogP contribution in [0.1, 0.15) is 30.4 Å². The highest BCUT2D eigenvalue weighted by molar-refractivity contribution is 5.43. The number of aliphatic hydroxyl groups excluding tert-OH is 1. The van der Waals surface area contributed by atoms with E-state index < -0.39 is 6.10 Å². The summed E-state index contributed by atoms with van der Waals surface area (Å²) in [6.45, 7) is 4.70. The number of ether oxygens (including phenoxy) is 2. The molecule has 1 aromatic heterocycles. The molecule has 29 heavy (non-hydrogen) atoms. The first kappa shape index (κ1) is 21.6. The maximum absolute atomic E-state index is 10.4. The Hall–Kier alpha value is -2.15. The molecule has 0 bridgehead atoms. The molecule has 0 aliphatic carbocycles. The van der Waals surface area contributed by atoms with E-state index in [1.54, 1.807) is 13.3 Å². The Kier molecular flexibility index (Phi) is 8.74. The summed E-state index contributed by atoms with van der Waals surface area (Å²) in [5, 5.41) is 13.8. The number of pyridine rings is 1. The maximum Gasteiger partial charge on any atom is 0.161 e. The maximum atomic E-state index is 10.4. The molecule has 0 radical (unpaired) electrons. The molecule has 6 nitrogen and oxygen atoms in total. The third-order valence-electron chi connectivity index (χ3n) is 5.22. The lowest BCUT2D eigenvalue weighted by atomic mass is 10.1. The summed E-state index contributed by atoms with van der Waals surface area (Å²) in [7, 11) is 1.64. The summed E-state index contributed by atoms with van der Waals surface area (Å²) in [5.74, 6) is 1.37. The van der Waals surface area contributed by atoms with Crippen molar-refractivity contribution in [2.45, 2.75) is 38.3 Å². The van der Waals surface area contributed by atoms with E-state index in [-0.39, 0.29) is 6.61 Å². The molecule has 3 rings (SSSR count). The number of β-amino-alcohol motifs (C(OH)–C–C–N with tert-alkyl or cyclic N) is 1. The lowest BCUT2D eigenvalue weighted by molar-refractivity contribution is 0.0608. The Morgan fingerprint density at radius 2 is 2.00 bits per heavy atom. The van der Waals surface area contributed by atoms with Gasteiger partial charge in [0.15, 0.2) is 11.5 Å². The average molecular weight is 400 g/mol. The van der Waals surface area contributed by atoms with Crippen LogP contribution in [0.2, 0.25) is 0 Å². The largest absolute Gasteiger partial charge is 0.493 e. The first-order valence-corrected chi connectivity index (χ1v) is 10.5. The second-order valence-electron chi connectivity index (χ2n) is 7.60. The first-order valence-electron chi connectivity index (χ1n) is 10.5. The summed E-state index contributed by atoms with van der Waals surface area (Å²) in [6, 6.07) is 9.99. The van der Waals surface area contributed by atoms with Crippen molar-refractivity contribution in [3.05, 3.63) is 53.9 Å². The Balaban J connectivity index is 1.46. The molecule has 0 saturated carbocycles. The van der Waals surface area contributed by atoms with E-state index in [9.17, 15) is 5.11 Å². The van der Waals surface area contributed by atoms with Crippen LogP contribution in [0.25, 0.3) is 0 Å². The summed E-state index contributed by atoms with van der Waals surface area (Å²) in [5.41, 5.74) is 2.35. The minimum Gasteiger partial charge on any atom is -0.493 e.